The van der Waals surface area contributed by atoms with E-state index in [1.54, 1.807) is 6.08 Å². The fourth-order valence-electron chi connectivity index (χ4n) is 4.11. The second-order valence-corrected chi connectivity index (χ2v) is 11.4. The van der Waals surface area contributed by atoms with E-state index in [4.69, 9.17) is 4.74 Å². The molecule has 0 fully saturated rings. The number of allylic oxidation sites excluding steroid dienone is 3. The van der Waals surface area contributed by atoms with Crippen LogP contribution in [0.3, 0.4) is 0 Å². The van der Waals surface area contributed by atoms with Gasteiger partial charge in [-0.05, 0) is 86.8 Å². The number of halogens is 1. The standard InChI is InChI=1S/C18H24O.C18H15P.BrH/c1-7-11-19-18-12-14(4)17(15(5)16(18)6)10-9-13(3)8-2;1-4-10-16(11-5-1)19(17-12-6-2-7-13-17)18-14-8-3-9-15-18;/h7-10,12H,1,11H2,2-6H3;1-15H;1H. The third-order valence-corrected chi connectivity index (χ3v) is 8.92. The third kappa shape index (κ3) is 9.20. The first-order valence-corrected chi connectivity index (χ1v) is 14.4. The average molecular weight is 600 g/mol. The van der Waals surface area contributed by atoms with Crippen molar-refractivity contribution in [3.8, 4) is 5.75 Å². The molecule has 0 saturated heterocycles. The summed E-state index contributed by atoms with van der Waals surface area (Å²) in [6.07, 6.45) is 8.21. The zero-order chi connectivity index (χ0) is 27.3. The Balaban J connectivity index is 0.000000267. The number of aryl methyl sites for hydroxylation is 1. The topological polar surface area (TPSA) is 9.23 Å². The molecule has 0 bridgehead atoms. The van der Waals surface area contributed by atoms with Crippen LogP contribution in [0, 0.1) is 20.8 Å². The molecule has 0 N–H and O–H groups in total. The second-order valence-electron chi connectivity index (χ2n) is 9.16. The minimum atomic E-state index is -0.446. The van der Waals surface area contributed by atoms with Gasteiger partial charge < -0.3 is 4.74 Å². The Morgan fingerprint density at radius 3 is 1.64 bits per heavy atom. The number of rotatable bonds is 8. The van der Waals surface area contributed by atoms with Gasteiger partial charge in [0.25, 0.3) is 0 Å². The van der Waals surface area contributed by atoms with Crippen LogP contribution < -0.4 is 20.7 Å². The summed E-state index contributed by atoms with van der Waals surface area (Å²) in [5.41, 5.74) is 6.26. The second kappa shape index (κ2) is 16.7. The Morgan fingerprint density at radius 2 is 1.23 bits per heavy atom. The molecular formula is C36H40BrOP. The van der Waals surface area contributed by atoms with Crippen LogP contribution in [0.5, 0.6) is 5.75 Å². The summed E-state index contributed by atoms with van der Waals surface area (Å²) in [7, 11) is -0.446. The quantitative estimate of drug-likeness (QED) is 0.112. The maximum absolute atomic E-state index is 5.70. The zero-order valence-electron chi connectivity index (χ0n) is 23.7. The zero-order valence-corrected chi connectivity index (χ0v) is 26.3. The molecule has 0 unspecified atom stereocenters. The summed E-state index contributed by atoms with van der Waals surface area (Å²) < 4.78 is 5.70. The van der Waals surface area contributed by atoms with E-state index in [2.05, 4.69) is 156 Å². The molecule has 0 spiro atoms. The molecule has 0 aliphatic heterocycles. The summed E-state index contributed by atoms with van der Waals surface area (Å²) in [4.78, 5) is 0. The van der Waals surface area contributed by atoms with Crippen molar-refractivity contribution in [2.24, 2.45) is 0 Å². The van der Waals surface area contributed by atoms with E-state index in [0.717, 1.165) is 5.75 Å². The van der Waals surface area contributed by atoms with Crippen LogP contribution in [0.15, 0.2) is 127 Å². The Labute approximate surface area is 247 Å². The van der Waals surface area contributed by atoms with Gasteiger partial charge in [-0.15, -0.1) is 17.0 Å². The first kappa shape index (κ1) is 32.0. The molecular weight excluding hydrogens is 559 g/mol. The van der Waals surface area contributed by atoms with Crippen LogP contribution in [0.2, 0.25) is 0 Å². The Morgan fingerprint density at radius 1 is 0.769 bits per heavy atom. The van der Waals surface area contributed by atoms with Gasteiger partial charge in [-0.25, -0.2) is 0 Å². The highest BCUT2D eigenvalue weighted by atomic mass is 79.9. The molecule has 0 radical (unpaired) electrons. The van der Waals surface area contributed by atoms with Crippen LogP contribution in [0.4, 0.5) is 0 Å². The largest absolute Gasteiger partial charge is 0.489 e. The van der Waals surface area contributed by atoms with Crippen LogP contribution in [-0.4, -0.2) is 6.61 Å². The highest BCUT2D eigenvalue weighted by Gasteiger charge is 2.15. The van der Waals surface area contributed by atoms with Crippen molar-refractivity contribution in [1.82, 2.24) is 0 Å². The van der Waals surface area contributed by atoms with Crippen molar-refractivity contribution in [3.63, 3.8) is 0 Å². The van der Waals surface area contributed by atoms with E-state index >= 15 is 0 Å². The van der Waals surface area contributed by atoms with E-state index in [1.165, 1.54) is 43.7 Å². The van der Waals surface area contributed by atoms with E-state index in [-0.39, 0.29) is 17.0 Å². The van der Waals surface area contributed by atoms with Crippen molar-refractivity contribution in [2.75, 3.05) is 6.61 Å². The van der Waals surface area contributed by atoms with Gasteiger partial charge in [0.15, 0.2) is 0 Å². The monoisotopic (exact) mass is 598 g/mol. The smallest absolute Gasteiger partial charge is 0.123 e. The fourth-order valence-corrected chi connectivity index (χ4v) is 6.41. The molecule has 0 aliphatic carbocycles. The molecule has 4 aromatic carbocycles. The van der Waals surface area contributed by atoms with E-state index < -0.39 is 7.92 Å². The predicted octanol–water partition coefficient (Wildman–Crippen LogP) is 9.18. The lowest BCUT2D eigenvalue weighted by Crippen LogP contribution is -2.20. The van der Waals surface area contributed by atoms with Gasteiger partial charge in [-0.1, -0.05) is 127 Å². The number of hydrogen-bond donors (Lipinski definition) is 0. The summed E-state index contributed by atoms with van der Waals surface area (Å²) in [6, 6.07) is 34.4. The third-order valence-electron chi connectivity index (χ3n) is 6.48. The minimum absolute atomic E-state index is 0. The van der Waals surface area contributed by atoms with Crippen molar-refractivity contribution < 1.29 is 4.74 Å². The Kier molecular flexibility index (Phi) is 13.7. The van der Waals surface area contributed by atoms with Crippen LogP contribution in [0.25, 0.3) is 6.08 Å². The molecule has 0 aromatic heterocycles. The molecule has 0 aliphatic rings. The van der Waals surface area contributed by atoms with Crippen LogP contribution in [0.1, 0.15) is 36.1 Å². The first-order valence-electron chi connectivity index (χ1n) is 13.1. The van der Waals surface area contributed by atoms with Crippen molar-refractivity contribution in [1.29, 1.82) is 0 Å². The van der Waals surface area contributed by atoms with Gasteiger partial charge >= 0.3 is 0 Å². The highest BCUT2D eigenvalue weighted by molar-refractivity contribution is 8.93. The molecule has 4 aromatic rings. The molecule has 4 rings (SSSR count). The van der Waals surface area contributed by atoms with Crippen molar-refractivity contribution in [2.45, 2.75) is 34.6 Å². The molecule has 202 valence electrons. The van der Waals surface area contributed by atoms with Gasteiger partial charge in [0, 0.05) is 0 Å². The fraction of sp³-hybridized carbons (Fsp3) is 0.167. The Bertz CT molecular complexity index is 1270. The molecule has 0 atom stereocenters. The normalized spacial score (nSPS) is 11.0. The van der Waals surface area contributed by atoms with Gasteiger partial charge in [0.1, 0.15) is 12.4 Å². The number of hydrogen-bond acceptors (Lipinski definition) is 1. The van der Waals surface area contributed by atoms with E-state index in [1.807, 2.05) is 0 Å². The predicted molar refractivity (Wildman–Crippen MR) is 180 cm³/mol. The molecule has 0 saturated carbocycles. The molecule has 0 heterocycles. The van der Waals surface area contributed by atoms with E-state index in [0.29, 0.717) is 6.61 Å². The first-order chi connectivity index (χ1) is 18.5. The average Bonchev–Trinajstić information content (AvgIpc) is 2.96. The van der Waals surface area contributed by atoms with Crippen LogP contribution >= 0.6 is 24.9 Å². The van der Waals surface area contributed by atoms with Gasteiger partial charge in [0.2, 0.25) is 0 Å². The molecule has 39 heavy (non-hydrogen) atoms. The molecule has 1 nitrogen and oxygen atoms in total. The summed E-state index contributed by atoms with van der Waals surface area (Å²) in [5.74, 6) is 0.954. The lowest BCUT2D eigenvalue weighted by molar-refractivity contribution is 0.360. The molecule has 3 heteroatoms. The van der Waals surface area contributed by atoms with Gasteiger partial charge in [0.05, 0.1) is 0 Å². The summed E-state index contributed by atoms with van der Waals surface area (Å²) in [5, 5.41) is 4.19. The Hall–Kier alpha value is -3.19. The van der Waals surface area contributed by atoms with Crippen LogP contribution in [-0.2, 0) is 0 Å². The van der Waals surface area contributed by atoms with Gasteiger partial charge in [-0.2, -0.15) is 0 Å². The van der Waals surface area contributed by atoms with Crippen molar-refractivity contribution >= 4 is 46.9 Å². The SMILES string of the molecule is Br.C=CCOc1cc(C)c(C=CC(C)=CC)c(C)c1C.c1ccc(P(c2ccccc2)c2ccccc2)cc1. The maximum atomic E-state index is 5.70. The molecule has 0 amide bonds. The maximum Gasteiger partial charge on any atom is 0.123 e. The van der Waals surface area contributed by atoms with Gasteiger partial charge in [-0.3, -0.25) is 0 Å². The number of ether oxygens (including phenoxy) is 1. The minimum Gasteiger partial charge on any atom is -0.489 e. The lowest BCUT2D eigenvalue weighted by Gasteiger charge is -2.18. The highest BCUT2D eigenvalue weighted by Crippen LogP contribution is 2.32. The lowest BCUT2D eigenvalue weighted by atomic mass is 9.96. The summed E-state index contributed by atoms with van der Waals surface area (Å²) >= 11 is 0. The van der Waals surface area contributed by atoms with Crippen molar-refractivity contribution in [3.05, 3.63) is 150 Å². The summed E-state index contributed by atoms with van der Waals surface area (Å²) in [6.45, 7) is 14.8. The number of benzene rings is 4. The van der Waals surface area contributed by atoms with E-state index in [9.17, 15) is 0 Å².